The van der Waals surface area contributed by atoms with Crippen molar-refractivity contribution in [2.45, 2.75) is 70.9 Å². The molecule has 4 amide bonds. The average molecular weight is 521 g/mol. The van der Waals surface area contributed by atoms with Crippen LogP contribution in [0.2, 0.25) is 0 Å². The SMILES string of the molecule is CCC1=C(C(C)=O)C(c2ccc(F)c(C)c2)N(C(=O)NCCNC2CCC(c3ccccc3)CC2)C(=O)N1. The van der Waals surface area contributed by atoms with Gasteiger partial charge in [-0.15, -0.1) is 0 Å². The number of carbonyl (C=O) groups is 3. The van der Waals surface area contributed by atoms with Crippen molar-refractivity contribution >= 4 is 17.8 Å². The number of Topliss-reactive ketones (excluding diaryl/α,β-unsaturated/α-hetero) is 1. The van der Waals surface area contributed by atoms with Gasteiger partial charge >= 0.3 is 12.1 Å². The zero-order valence-electron chi connectivity index (χ0n) is 22.4. The van der Waals surface area contributed by atoms with Crippen molar-refractivity contribution < 1.29 is 18.8 Å². The summed E-state index contributed by atoms with van der Waals surface area (Å²) in [6.45, 7) is 5.76. The number of halogens is 1. The lowest BCUT2D eigenvalue weighted by Crippen LogP contribution is -2.55. The van der Waals surface area contributed by atoms with Crippen LogP contribution in [-0.2, 0) is 4.79 Å². The van der Waals surface area contributed by atoms with E-state index in [2.05, 4.69) is 40.2 Å². The van der Waals surface area contributed by atoms with E-state index in [1.54, 1.807) is 13.0 Å². The second-order valence-corrected chi connectivity index (χ2v) is 10.2. The Kier molecular flexibility index (Phi) is 8.94. The number of hydrogen-bond acceptors (Lipinski definition) is 4. The monoisotopic (exact) mass is 520 g/mol. The number of aryl methyl sites for hydroxylation is 1. The molecule has 8 heteroatoms. The smallest absolute Gasteiger partial charge is 0.330 e. The van der Waals surface area contributed by atoms with Crippen LogP contribution >= 0.6 is 0 Å². The fourth-order valence-electron chi connectivity index (χ4n) is 5.60. The molecule has 1 aliphatic heterocycles. The van der Waals surface area contributed by atoms with Gasteiger partial charge in [-0.25, -0.2) is 18.9 Å². The summed E-state index contributed by atoms with van der Waals surface area (Å²) in [5.74, 6) is -0.0486. The number of ketones is 1. The largest absolute Gasteiger partial charge is 0.336 e. The predicted octanol–water partition coefficient (Wildman–Crippen LogP) is 5.48. The lowest BCUT2D eigenvalue weighted by Gasteiger charge is -2.37. The highest BCUT2D eigenvalue weighted by molar-refractivity contribution is 6.03. The molecule has 1 atom stereocenters. The van der Waals surface area contributed by atoms with Gasteiger partial charge < -0.3 is 16.0 Å². The number of imide groups is 1. The minimum Gasteiger partial charge on any atom is -0.336 e. The summed E-state index contributed by atoms with van der Waals surface area (Å²) in [5.41, 5.74) is 3.10. The third-order valence-electron chi connectivity index (χ3n) is 7.62. The highest BCUT2D eigenvalue weighted by atomic mass is 19.1. The summed E-state index contributed by atoms with van der Waals surface area (Å²) in [4.78, 5) is 40.0. The van der Waals surface area contributed by atoms with Gasteiger partial charge in [-0.2, -0.15) is 0 Å². The molecule has 1 fully saturated rings. The Hall–Kier alpha value is -3.52. The predicted molar refractivity (Wildman–Crippen MR) is 145 cm³/mol. The summed E-state index contributed by atoms with van der Waals surface area (Å²) in [6.07, 6.45) is 4.81. The Morgan fingerprint density at radius 1 is 1.03 bits per heavy atom. The standard InChI is InChI=1S/C30H37FN4O3/c1-4-26-27(20(3)36)28(23-12-15-25(31)19(2)18-23)35(30(38)34-26)29(37)33-17-16-32-24-13-10-22(11-14-24)21-8-6-5-7-9-21/h5-9,12,15,18,22,24,28,32H,4,10-11,13-14,16-17H2,1-3H3,(H,33,37)(H,34,38). The Bertz CT molecular complexity index is 1210. The third-order valence-corrected chi connectivity index (χ3v) is 7.62. The maximum Gasteiger partial charge on any atom is 0.330 e. The Morgan fingerprint density at radius 2 is 1.74 bits per heavy atom. The van der Waals surface area contributed by atoms with Crippen molar-refractivity contribution in [1.29, 1.82) is 0 Å². The first-order valence-corrected chi connectivity index (χ1v) is 13.5. The number of nitrogens with zero attached hydrogens (tertiary/aromatic N) is 1. The molecule has 0 bridgehead atoms. The van der Waals surface area contributed by atoms with E-state index >= 15 is 0 Å². The summed E-state index contributed by atoms with van der Waals surface area (Å²) in [6, 6.07) is 13.3. The second-order valence-electron chi connectivity index (χ2n) is 10.2. The first kappa shape index (κ1) is 27.5. The van der Waals surface area contributed by atoms with E-state index in [0.29, 0.717) is 53.9 Å². The van der Waals surface area contributed by atoms with E-state index < -0.39 is 23.9 Å². The third kappa shape index (κ3) is 6.13. The number of urea groups is 2. The molecule has 2 aliphatic rings. The minimum atomic E-state index is -0.934. The molecule has 1 aliphatic carbocycles. The molecule has 3 N–H and O–H groups in total. The zero-order chi connectivity index (χ0) is 27.2. The van der Waals surface area contributed by atoms with E-state index in [4.69, 9.17) is 0 Å². The summed E-state index contributed by atoms with van der Waals surface area (Å²) in [7, 11) is 0. The molecule has 0 saturated heterocycles. The number of allylic oxidation sites excluding steroid dienone is 1. The van der Waals surface area contributed by atoms with Crippen molar-refractivity contribution in [3.8, 4) is 0 Å². The summed E-state index contributed by atoms with van der Waals surface area (Å²) in [5, 5.41) is 9.06. The second kappa shape index (κ2) is 12.3. The van der Waals surface area contributed by atoms with Gasteiger partial charge in [-0.1, -0.05) is 49.4 Å². The van der Waals surface area contributed by atoms with Gasteiger partial charge in [0.15, 0.2) is 5.78 Å². The van der Waals surface area contributed by atoms with E-state index in [1.165, 1.54) is 24.6 Å². The van der Waals surface area contributed by atoms with E-state index in [0.717, 1.165) is 30.6 Å². The molecule has 1 saturated carbocycles. The molecular weight excluding hydrogens is 483 g/mol. The lowest BCUT2D eigenvalue weighted by molar-refractivity contribution is -0.114. The fourth-order valence-corrected chi connectivity index (χ4v) is 5.60. The van der Waals surface area contributed by atoms with Gasteiger partial charge in [-0.05, 0) is 74.6 Å². The van der Waals surface area contributed by atoms with Crippen LogP contribution in [0.25, 0.3) is 0 Å². The molecule has 2 aromatic carbocycles. The normalized spacial score (nSPS) is 21.7. The molecule has 1 unspecified atom stereocenters. The molecule has 4 rings (SSSR count). The van der Waals surface area contributed by atoms with Gasteiger partial charge in [0.05, 0.1) is 6.04 Å². The number of rotatable bonds is 8. The summed E-state index contributed by atoms with van der Waals surface area (Å²) < 4.78 is 14.0. The van der Waals surface area contributed by atoms with Crippen LogP contribution in [0.1, 0.15) is 74.6 Å². The number of amides is 4. The van der Waals surface area contributed by atoms with Crippen molar-refractivity contribution in [3.63, 3.8) is 0 Å². The van der Waals surface area contributed by atoms with Crippen LogP contribution in [0.5, 0.6) is 0 Å². The number of hydrogen-bond donors (Lipinski definition) is 3. The van der Waals surface area contributed by atoms with Gasteiger partial charge in [-0.3, -0.25) is 4.79 Å². The van der Waals surface area contributed by atoms with Gasteiger partial charge in [0.2, 0.25) is 0 Å². The van der Waals surface area contributed by atoms with Crippen molar-refractivity contribution in [1.82, 2.24) is 20.9 Å². The van der Waals surface area contributed by atoms with Gasteiger partial charge in [0, 0.05) is 30.4 Å². The van der Waals surface area contributed by atoms with Gasteiger partial charge in [0.1, 0.15) is 5.82 Å². The molecule has 0 aromatic heterocycles. The maximum absolute atomic E-state index is 14.0. The first-order valence-electron chi connectivity index (χ1n) is 13.5. The number of benzene rings is 2. The Labute approximate surface area is 223 Å². The topological polar surface area (TPSA) is 90.5 Å². The first-order chi connectivity index (χ1) is 18.3. The molecule has 38 heavy (non-hydrogen) atoms. The average Bonchev–Trinajstić information content (AvgIpc) is 2.92. The van der Waals surface area contributed by atoms with Crippen LogP contribution in [-0.4, -0.2) is 41.9 Å². The van der Waals surface area contributed by atoms with Crippen LogP contribution in [0, 0.1) is 12.7 Å². The lowest BCUT2D eigenvalue weighted by atomic mass is 9.82. The molecule has 0 radical (unpaired) electrons. The highest BCUT2D eigenvalue weighted by Gasteiger charge is 2.40. The number of nitrogens with one attached hydrogen (secondary N) is 3. The van der Waals surface area contributed by atoms with E-state index in [-0.39, 0.29) is 5.78 Å². The molecule has 202 valence electrons. The van der Waals surface area contributed by atoms with E-state index in [1.807, 2.05) is 13.0 Å². The molecule has 2 aromatic rings. The molecular formula is C30H37FN4O3. The van der Waals surface area contributed by atoms with Crippen LogP contribution in [0.4, 0.5) is 14.0 Å². The van der Waals surface area contributed by atoms with Crippen molar-refractivity contribution in [2.75, 3.05) is 13.1 Å². The maximum atomic E-state index is 14.0. The van der Waals surface area contributed by atoms with Crippen molar-refractivity contribution in [3.05, 3.63) is 82.3 Å². The van der Waals surface area contributed by atoms with Crippen LogP contribution < -0.4 is 16.0 Å². The van der Waals surface area contributed by atoms with Crippen LogP contribution in [0.3, 0.4) is 0 Å². The fraction of sp³-hybridized carbons (Fsp3) is 0.433. The van der Waals surface area contributed by atoms with Gasteiger partial charge in [0.25, 0.3) is 0 Å². The quantitative estimate of drug-likeness (QED) is 0.402. The Morgan fingerprint density at radius 3 is 2.37 bits per heavy atom. The Balaban J connectivity index is 1.39. The minimum absolute atomic E-state index is 0.251. The number of carbonyl (C=O) groups excluding carboxylic acids is 3. The molecule has 1 heterocycles. The zero-order valence-corrected chi connectivity index (χ0v) is 22.4. The molecule has 7 nitrogen and oxygen atoms in total. The van der Waals surface area contributed by atoms with E-state index in [9.17, 15) is 18.8 Å². The van der Waals surface area contributed by atoms with Crippen LogP contribution in [0.15, 0.2) is 59.8 Å². The summed E-state index contributed by atoms with van der Waals surface area (Å²) >= 11 is 0. The van der Waals surface area contributed by atoms with Crippen molar-refractivity contribution in [2.24, 2.45) is 0 Å². The highest BCUT2D eigenvalue weighted by Crippen LogP contribution is 2.36. The molecule has 0 spiro atoms.